The minimum absolute atomic E-state index is 0.188. The molecule has 1 aromatic carbocycles. The zero-order valence-corrected chi connectivity index (χ0v) is 20.7. The maximum absolute atomic E-state index is 12.9. The van der Waals surface area contributed by atoms with Crippen molar-refractivity contribution in [1.82, 2.24) is 14.3 Å². The molecule has 3 aromatic rings. The monoisotopic (exact) mass is 545 g/mol. The van der Waals surface area contributed by atoms with Gasteiger partial charge in [-0.1, -0.05) is 0 Å². The van der Waals surface area contributed by atoms with E-state index < -0.39 is 22.2 Å². The van der Waals surface area contributed by atoms with Crippen LogP contribution in [0.3, 0.4) is 0 Å². The van der Waals surface area contributed by atoms with Gasteiger partial charge in [0.15, 0.2) is 0 Å². The molecule has 2 aromatic heterocycles. The van der Waals surface area contributed by atoms with Crippen LogP contribution in [0.4, 0.5) is 30.4 Å². The molecule has 1 aliphatic heterocycles. The average Bonchev–Trinajstić information content (AvgIpc) is 3.34. The third-order valence-electron chi connectivity index (χ3n) is 5.18. The molecule has 3 heterocycles. The number of carbonyl (C=O) groups is 1. The number of aliphatic carboxylic acids is 1. The van der Waals surface area contributed by atoms with Crippen LogP contribution in [0.5, 0.6) is 5.75 Å². The van der Waals surface area contributed by atoms with E-state index in [1.807, 2.05) is 25.3 Å². The standard InChI is InChI=1S/C20H25N5O4S.C2HF3O2/c1-3-21-17-13-19(24-20-15(17)6-7-22-20)23-16-5-4-14(12-18(16)28-2)30(26,27)25-8-10-29-11-9-25;3-2(4,5)1(6)7/h4-7,12-13H,3,8-11H2,1-2H3,(H3,21,22,23,24);(H,6,7). The summed E-state index contributed by atoms with van der Waals surface area (Å²) in [7, 11) is -2.09. The first-order valence-electron chi connectivity index (χ1n) is 11.0. The molecule has 202 valence electrons. The van der Waals surface area contributed by atoms with Crippen LogP contribution in [0.15, 0.2) is 41.4 Å². The number of rotatable bonds is 7. The molecule has 37 heavy (non-hydrogen) atoms. The molecule has 0 unspecified atom stereocenters. The number of hydrogen-bond acceptors (Lipinski definition) is 8. The van der Waals surface area contributed by atoms with E-state index in [-0.39, 0.29) is 4.90 Å². The Kier molecular flexibility index (Phi) is 8.83. The van der Waals surface area contributed by atoms with Gasteiger partial charge in [-0.25, -0.2) is 18.2 Å². The summed E-state index contributed by atoms with van der Waals surface area (Å²) in [4.78, 5) is 16.8. The predicted octanol–water partition coefficient (Wildman–Crippen LogP) is 3.40. The summed E-state index contributed by atoms with van der Waals surface area (Å²) < 4.78 is 69.8. The van der Waals surface area contributed by atoms with E-state index in [0.29, 0.717) is 43.6 Å². The fourth-order valence-electron chi connectivity index (χ4n) is 3.45. The topological polar surface area (TPSA) is 146 Å². The molecular formula is C22H26F3N5O6S. The summed E-state index contributed by atoms with van der Waals surface area (Å²) in [5, 5.41) is 14.7. The van der Waals surface area contributed by atoms with E-state index in [9.17, 15) is 21.6 Å². The molecule has 1 fully saturated rings. The van der Waals surface area contributed by atoms with Gasteiger partial charge in [-0.15, -0.1) is 0 Å². The van der Waals surface area contributed by atoms with Crippen LogP contribution in [0, 0.1) is 0 Å². The Morgan fingerprint density at radius 3 is 2.49 bits per heavy atom. The van der Waals surface area contributed by atoms with Gasteiger partial charge in [0.05, 0.1) is 30.9 Å². The number of H-pyrrole nitrogens is 1. The van der Waals surface area contributed by atoms with Gasteiger partial charge in [0, 0.05) is 49.0 Å². The molecule has 4 N–H and O–H groups in total. The highest BCUT2D eigenvalue weighted by Crippen LogP contribution is 2.33. The van der Waals surface area contributed by atoms with Gasteiger partial charge in [-0.3, -0.25) is 0 Å². The molecule has 11 nitrogen and oxygen atoms in total. The summed E-state index contributed by atoms with van der Waals surface area (Å²) in [6.45, 7) is 4.30. The van der Waals surface area contributed by atoms with Crippen LogP contribution in [0.25, 0.3) is 11.0 Å². The van der Waals surface area contributed by atoms with Crippen molar-refractivity contribution in [1.29, 1.82) is 0 Å². The van der Waals surface area contributed by atoms with Crippen LogP contribution >= 0.6 is 0 Å². The van der Waals surface area contributed by atoms with Crippen molar-refractivity contribution in [3.63, 3.8) is 0 Å². The lowest BCUT2D eigenvalue weighted by atomic mass is 10.2. The van der Waals surface area contributed by atoms with E-state index in [0.717, 1.165) is 23.3 Å². The molecule has 1 saturated heterocycles. The van der Waals surface area contributed by atoms with Gasteiger partial charge >= 0.3 is 12.1 Å². The van der Waals surface area contributed by atoms with Crippen molar-refractivity contribution in [2.45, 2.75) is 18.0 Å². The Morgan fingerprint density at radius 1 is 1.22 bits per heavy atom. The third kappa shape index (κ3) is 6.81. The Labute approximate surface area is 210 Å². The molecule has 0 aliphatic carbocycles. The Morgan fingerprint density at radius 2 is 1.89 bits per heavy atom. The molecule has 0 bridgehead atoms. The highest BCUT2D eigenvalue weighted by atomic mass is 32.2. The number of fused-ring (bicyclic) bond motifs is 1. The molecule has 15 heteroatoms. The molecule has 0 saturated carbocycles. The van der Waals surface area contributed by atoms with Crippen LogP contribution < -0.4 is 15.4 Å². The molecule has 0 radical (unpaired) electrons. The number of carboxylic acid groups (broad SMARTS) is 1. The second-order valence-corrected chi connectivity index (χ2v) is 9.57. The first-order valence-corrected chi connectivity index (χ1v) is 12.5. The maximum atomic E-state index is 12.9. The summed E-state index contributed by atoms with van der Waals surface area (Å²) >= 11 is 0. The number of benzene rings is 1. The summed E-state index contributed by atoms with van der Waals surface area (Å²) in [5.41, 5.74) is 2.33. The lowest BCUT2D eigenvalue weighted by Gasteiger charge is -2.26. The Balaban J connectivity index is 0.000000479. The highest BCUT2D eigenvalue weighted by Gasteiger charge is 2.38. The lowest BCUT2D eigenvalue weighted by molar-refractivity contribution is -0.192. The van der Waals surface area contributed by atoms with Crippen molar-refractivity contribution in [3.8, 4) is 5.75 Å². The van der Waals surface area contributed by atoms with E-state index in [2.05, 4.69) is 20.6 Å². The van der Waals surface area contributed by atoms with E-state index in [1.165, 1.54) is 17.5 Å². The number of carboxylic acids is 1. The van der Waals surface area contributed by atoms with Gasteiger partial charge in [0.1, 0.15) is 17.2 Å². The normalized spacial score (nSPS) is 14.5. The number of aromatic nitrogens is 2. The van der Waals surface area contributed by atoms with Crippen molar-refractivity contribution in [3.05, 3.63) is 36.5 Å². The first-order chi connectivity index (χ1) is 17.5. The number of morpholine rings is 1. The maximum Gasteiger partial charge on any atom is 0.490 e. The molecular weight excluding hydrogens is 519 g/mol. The lowest BCUT2D eigenvalue weighted by Crippen LogP contribution is -2.40. The fourth-order valence-corrected chi connectivity index (χ4v) is 4.87. The summed E-state index contributed by atoms with van der Waals surface area (Å²) in [6, 6.07) is 8.69. The number of methoxy groups -OCH3 is 1. The van der Waals surface area contributed by atoms with Crippen molar-refractivity contribution in [2.75, 3.05) is 50.6 Å². The van der Waals surface area contributed by atoms with Gasteiger partial charge < -0.3 is 30.2 Å². The Bertz CT molecular complexity index is 1340. The second-order valence-electron chi connectivity index (χ2n) is 7.63. The third-order valence-corrected chi connectivity index (χ3v) is 7.08. The van der Waals surface area contributed by atoms with Crippen LogP contribution in [0.2, 0.25) is 0 Å². The Hall–Kier alpha value is -3.56. The molecule has 1 aliphatic rings. The zero-order chi connectivity index (χ0) is 27.2. The van der Waals surface area contributed by atoms with Gasteiger partial charge in [-0.2, -0.15) is 17.5 Å². The SMILES string of the molecule is CCNc1cc(Nc2ccc(S(=O)(=O)N3CCOCC3)cc2OC)nc2[nH]ccc12.O=C(O)C(F)(F)F. The number of nitrogens with one attached hydrogen (secondary N) is 3. The molecule has 0 spiro atoms. The average molecular weight is 546 g/mol. The van der Waals surface area contributed by atoms with E-state index in [1.54, 1.807) is 12.1 Å². The second kappa shape index (κ2) is 11.7. The number of aromatic amines is 1. The largest absolute Gasteiger partial charge is 0.495 e. The highest BCUT2D eigenvalue weighted by molar-refractivity contribution is 7.89. The molecule has 0 atom stereocenters. The minimum Gasteiger partial charge on any atom is -0.495 e. The van der Waals surface area contributed by atoms with Crippen molar-refractivity contribution < 1.29 is 41.0 Å². The van der Waals surface area contributed by atoms with Crippen LogP contribution in [-0.2, 0) is 19.6 Å². The number of hydrogen-bond donors (Lipinski definition) is 4. The minimum atomic E-state index is -5.08. The van der Waals surface area contributed by atoms with Crippen molar-refractivity contribution >= 4 is 44.2 Å². The summed E-state index contributed by atoms with van der Waals surface area (Å²) in [6.07, 6.45) is -3.24. The number of pyridine rings is 1. The number of alkyl halides is 3. The zero-order valence-electron chi connectivity index (χ0n) is 19.9. The van der Waals surface area contributed by atoms with Crippen molar-refractivity contribution in [2.24, 2.45) is 0 Å². The van der Waals surface area contributed by atoms with Gasteiger partial charge in [0.2, 0.25) is 10.0 Å². The van der Waals surface area contributed by atoms with Gasteiger partial charge in [-0.05, 0) is 25.1 Å². The predicted molar refractivity (Wildman–Crippen MR) is 130 cm³/mol. The van der Waals surface area contributed by atoms with Crippen LogP contribution in [-0.4, -0.2) is 79.9 Å². The number of ether oxygens (including phenoxy) is 2. The molecule has 4 rings (SSSR count). The quantitative estimate of drug-likeness (QED) is 0.351. The van der Waals surface area contributed by atoms with Crippen LogP contribution in [0.1, 0.15) is 6.92 Å². The number of nitrogens with zero attached hydrogens (tertiary/aromatic N) is 2. The fraction of sp³-hybridized carbons (Fsp3) is 0.364. The molecule has 0 amide bonds. The first kappa shape index (κ1) is 28.0. The number of anilines is 3. The number of halogens is 3. The van der Waals surface area contributed by atoms with Gasteiger partial charge in [0.25, 0.3) is 0 Å². The number of sulfonamides is 1. The van der Waals surface area contributed by atoms with E-state index in [4.69, 9.17) is 19.4 Å². The van der Waals surface area contributed by atoms with E-state index >= 15 is 0 Å². The smallest absolute Gasteiger partial charge is 0.490 e. The summed E-state index contributed by atoms with van der Waals surface area (Å²) in [5.74, 6) is -1.72.